The third-order valence-corrected chi connectivity index (χ3v) is 11.0. The molecule has 5 nitrogen and oxygen atoms in total. The Morgan fingerprint density at radius 3 is 2.12 bits per heavy atom. The van der Waals surface area contributed by atoms with E-state index in [2.05, 4.69) is 51.7 Å². The van der Waals surface area contributed by atoms with Crippen LogP contribution in [0.15, 0.2) is 17.3 Å². The lowest BCUT2D eigenvalue weighted by molar-refractivity contribution is 0.261. The molecule has 0 saturated carbocycles. The van der Waals surface area contributed by atoms with Gasteiger partial charge in [0.1, 0.15) is 0 Å². The lowest BCUT2D eigenvalue weighted by Crippen LogP contribution is -2.47. The van der Waals surface area contributed by atoms with Crippen molar-refractivity contribution in [1.29, 1.82) is 0 Å². The summed E-state index contributed by atoms with van der Waals surface area (Å²) in [5.41, 5.74) is 9.76. The molecule has 0 atom stereocenters. The zero-order chi connectivity index (χ0) is 18.5. The molecule has 1 heterocycles. The third-order valence-electron chi connectivity index (χ3n) is 4.93. The molecular formula is C18H33N3O2Si. The maximum Gasteiger partial charge on any atom is 0.200 e. The largest absolute Gasteiger partial charge is 0.410 e. The van der Waals surface area contributed by atoms with E-state index < -0.39 is 8.32 Å². The minimum absolute atomic E-state index is 0.0991. The summed E-state index contributed by atoms with van der Waals surface area (Å²) in [6, 6.07) is 3.77. The molecule has 24 heavy (non-hydrogen) atoms. The van der Waals surface area contributed by atoms with Crippen LogP contribution >= 0.6 is 0 Å². The lowest BCUT2D eigenvalue weighted by Gasteiger charge is -2.42. The van der Waals surface area contributed by atoms with Gasteiger partial charge in [0.25, 0.3) is 0 Å². The van der Waals surface area contributed by atoms with Crippen molar-refractivity contribution in [1.82, 2.24) is 4.98 Å². The summed E-state index contributed by atoms with van der Waals surface area (Å²) in [4.78, 5) is 4.67. The normalized spacial score (nSPS) is 13.3. The van der Waals surface area contributed by atoms with Crippen molar-refractivity contribution in [3.05, 3.63) is 29.1 Å². The van der Waals surface area contributed by atoms with Crippen molar-refractivity contribution >= 4 is 14.2 Å². The molecule has 0 spiro atoms. The number of aryl methyl sites for hydroxylation is 1. The standard InChI is InChI=1S/C18H33N3O2Si/c1-8-17-16(18(19)21-22)10-9-15(20-17)11-23-24(12(2)3,13(4)5)14(6)7/h9-10,12-14,22H,8,11H2,1-7H3,(H2,19,21). The maximum atomic E-state index is 8.89. The van der Waals surface area contributed by atoms with Crippen LogP contribution in [-0.2, 0) is 17.5 Å². The van der Waals surface area contributed by atoms with Gasteiger partial charge in [0, 0.05) is 5.56 Å². The van der Waals surface area contributed by atoms with Crippen LogP contribution in [0.3, 0.4) is 0 Å². The van der Waals surface area contributed by atoms with Crippen molar-refractivity contribution in [3.63, 3.8) is 0 Å². The van der Waals surface area contributed by atoms with Gasteiger partial charge in [0.15, 0.2) is 5.84 Å². The monoisotopic (exact) mass is 351 g/mol. The molecule has 0 saturated heterocycles. The molecule has 1 aromatic heterocycles. The fourth-order valence-corrected chi connectivity index (χ4v) is 9.28. The highest BCUT2D eigenvalue weighted by Crippen LogP contribution is 2.42. The average Bonchev–Trinajstić information content (AvgIpc) is 2.53. The Morgan fingerprint density at radius 2 is 1.71 bits per heavy atom. The Morgan fingerprint density at radius 1 is 1.17 bits per heavy atom. The number of nitrogens with zero attached hydrogens (tertiary/aromatic N) is 2. The molecule has 1 rings (SSSR count). The predicted octanol–water partition coefficient (Wildman–Crippen LogP) is 4.43. The second-order valence-electron chi connectivity index (χ2n) is 7.24. The summed E-state index contributed by atoms with van der Waals surface area (Å²) in [7, 11) is -1.91. The number of hydrogen-bond donors (Lipinski definition) is 2. The fourth-order valence-electron chi connectivity index (χ4n) is 3.88. The summed E-state index contributed by atoms with van der Waals surface area (Å²) in [6.07, 6.45) is 0.723. The topological polar surface area (TPSA) is 80.7 Å². The van der Waals surface area contributed by atoms with E-state index in [1.54, 1.807) is 0 Å². The SMILES string of the molecule is CCc1nc(CO[Si](C(C)C)(C(C)C)C(C)C)ccc1C(N)=NO. The van der Waals surface area contributed by atoms with Crippen molar-refractivity contribution in [3.8, 4) is 0 Å². The molecule has 0 bridgehead atoms. The number of amidine groups is 1. The van der Waals surface area contributed by atoms with Crippen LogP contribution in [-0.4, -0.2) is 24.3 Å². The Balaban J connectivity index is 3.08. The van der Waals surface area contributed by atoms with Crippen LogP contribution in [0.4, 0.5) is 0 Å². The van der Waals surface area contributed by atoms with Crippen molar-refractivity contribution < 1.29 is 9.63 Å². The van der Waals surface area contributed by atoms with Crippen LogP contribution in [0.2, 0.25) is 16.6 Å². The summed E-state index contributed by atoms with van der Waals surface area (Å²) in [5.74, 6) is 0.0991. The predicted molar refractivity (Wildman–Crippen MR) is 102 cm³/mol. The van der Waals surface area contributed by atoms with E-state index in [0.717, 1.165) is 17.8 Å². The van der Waals surface area contributed by atoms with Gasteiger partial charge >= 0.3 is 0 Å². The second kappa shape index (κ2) is 8.62. The minimum Gasteiger partial charge on any atom is -0.410 e. The van der Waals surface area contributed by atoms with E-state index in [4.69, 9.17) is 15.4 Å². The summed E-state index contributed by atoms with van der Waals surface area (Å²) in [5, 5.41) is 12.0. The van der Waals surface area contributed by atoms with Crippen molar-refractivity contribution in [2.45, 2.75) is 78.1 Å². The van der Waals surface area contributed by atoms with Gasteiger partial charge in [-0.05, 0) is 35.2 Å². The zero-order valence-electron chi connectivity index (χ0n) is 16.1. The van der Waals surface area contributed by atoms with Crippen LogP contribution in [0.25, 0.3) is 0 Å². The maximum absolute atomic E-state index is 8.89. The van der Waals surface area contributed by atoms with Crippen molar-refractivity contribution in [2.24, 2.45) is 10.9 Å². The number of pyridine rings is 1. The van der Waals surface area contributed by atoms with Gasteiger partial charge in [-0.25, -0.2) is 0 Å². The Bertz CT molecular complexity index is 550. The van der Waals surface area contributed by atoms with E-state index in [1.807, 2.05) is 19.1 Å². The molecule has 0 amide bonds. The zero-order valence-corrected chi connectivity index (χ0v) is 17.1. The van der Waals surface area contributed by atoms with Gasteiger partial charge in [0.2, 0.25) is 8.32 Å². The molecule has 1 aromatic rings. The summed E-state index contributed by atoms with van der Waals surface area (Å²) in [6.45, 7) is 16.2. The first kappa shape index (κ1) is 20.6. The van der Waals surface area contributed by atoms with E-state index in [9.17, 15) is 0 Å². The first-order valence-corrected chi connectivity index (χ1v) is 10.9. The van der Waals surface area contributed by atoms with Gasteiger partial charge in [-0.2, -0.15) is 0 Å². The minimum atomic E-state index is -1.91. The van der Waals surface area contributed by atoms with Crippen LogP contribution in [0.1, 0.15) is 65.4 Å². The quantitative estimate of drug-likeness (QED) is 0.239. The number of oxime groups is 1. The first-order chi connectivity index (χ1) is 11.2. The molecule has 0 fully saturated rings. The van der Waals surface area contributed by atoms with Gasteiger partial charge in [0.05, 0.1) is 18.0 Å². The number of hydrogen-bond acceptors (Lipinski definition) is 4. The molecule has 6 heteroatoms. The molecule has 0 radical (unpaired) electrons. The highest BCUT2D eigenvalue weighted by Gasteiger charge is 2.45. The molecule has 0 aliphatic rings. The van der Waals surface area contributed by atoms with E-state index in [1.165, 1.54) is 0 Å². The van der Waals surface area contributed by atoms with Crippen LogP contribution in [0.5, 0.6) is 0 Å². The van der Waals surface area contributed by atoms with Crippen LogP contribution < -0.4 is 5.73 Å². The Hall–Kier alpha value is -1.40. The second-order valence-corrected chi connectivity index (χ2v) is 12.7. The van der Waals surface area contributed by atoms with E-state index in [-0.39, 0.29) is 5.84 Å². The Kier molecular flexibility index (Phi) is 7.42. The van der Waals surface area contributed by atoms with Gasteiger partial charge < -0.3 is 15.4 Å². The number of rotatable bonds is 8. The number of aromatic nitrogens is 1. The van der Waals surface area contributed by atoms with Gasteiger partial charge in [-0.3, -0.25) is 4.98 Å². The van der Waals surface area contributed by atoms with Crippen LogP contribution in [0, 0.1) is 0 Å². The molecule has 0 unspecified atom stereocenters. The van der Waals surface area contributed by atoms with E-state index in [0.29, 0.717) is 28.8 Å². The summed E-state index contributed by atoms with van der Waals surface area (Å²) >= 11 is 0. The van der Waals surface area contributed by atoms with Crippen molar-refractivity contribution in [2.75, 3.05) is 0 Å². The molecule has 0 aromatic carbocycles. The van der Waals surface area contributed by atoms with Gasteiger partial charge in [-0.1, -0.05) is 53.6 Å². The highest BCUT2D eigenvalue weighted by atomic mass is 28.4. The molecule has 0 aliphatic carbocycles. The molecule has 3 N–H and O–H groups in total. The first-order valence-electron chi connectivity index (χ1n) is 8.81. The third kappa shape index (κ3) is 4.16. The summed E-state index contributed by atoms with van der Waals surface area (Å²) < 4.78 is 6.59. The lowest BCUT2D eigenvalue weighted by atomic mass is 10.1. The molecule has 0 aliphatic heterocycles. The average molecular weight is 352 g/mol. The molecule has 136 valence electrons. The van der Waals surface area contributed by atoms with Gasteiger partial charge in [-0.15, -0.1) is 0 Å². The Labute approximate surface area is 147 Å². The molecular weight excluding hydrogens is 318 g/mol. The smallest absolute Gasteiger partial charge is 0.200 e. The number of nitrogens with two attached hydrogens (primary N) is 1. The highest BCUT2D eigenvalue weighted by molar-refractivity contribution is 6.77. The van der Waals surface area contributed by atoms with E-state index >= 15 is 0 Å². The fraction of sp³-hybridized carbons (Fsp3) is 0.667.